The zero-order valence-electron chi connectivity index (χ0n) is 21.6. The third-order valence-electron chi connectivity index (χ3n) is 7.06. The summed E-state index contributed by atoms with van der Waals surface area (Å²) in [5, 5.41) is 8.05. The van der Waals surface area contributed by atoms with Crippen LogP contribution in [0.2, 0.25) is 0 Å². The minimum atomic E-state index is -0.321. The van der Waals surface area contributed by atoms with Crippen LogP contribution in [0, 0.1) is 13.8 Å². The number of amides is 2. The summed E-state index contributed by atoms with van der Waals surface area (Å²) in [6.07, 6.45) is 2.05. The van der Waals surface area contributed by atoms with Crippen LogP contribution in [0.4, 0.5) is 10.5 Å². The third-order valence-corrected chi connectivity index (χ3v) is 7.06. The van der Waals surface area contributed by atoms with Gasteiger partial charge < -0.3 is 19.5 Å². The van der Waals surface area contributed by atoms with Gasteiger partial charge in [0.05, 0.1) is 42.5 Å². The van der Waals surface area contributed by atoms with E-state index in [1.54, 1.807) is 7.11 Å². The number of hydrogen-bond acceptors (Lipinski definition) is 3. The Kier molecular flexibility index (Phi) is 5.96. The van der Waals surface area contributed by atoms with Crippen LogP contribution >= 0.6 is 0 Å². The molecular formula is C31H29N5O2. The van der Waals surface area contributed by atoms with Crippen LogP contribution in [-0.4, -0.2) is 32.4 Å². The van der Waals surface area contributed by atoms with Gasteiger partial charge in [0.2, 0.25) is 0 Å². The van der Waals surface area contributed by atoms with Crippen molar-refractivity contribution >= 4 is 11.7 Å². The number of aromatic nitrogens is 3. The summed E-state index contributed by atoms with van der Waals surface area (Å²) in [7, 11) is 1.61. The molecule has 1 aliphatic heterocycles. The van der Waals surface area contributed by atoms with Gasteiger partial charge >= 0.3 is 6.03 Å². The van der Waals surface area contributed by atoms with Crippen molar-refractivity contribution in [2.75, 3.05) is 12.4 Å². The molecule has 2 aromatic heterocycles. The molecule has 6 rings (SSSR count). The number of anilines is 1. The molecule has 0 spiro atoms. The normalized spacial score (nSPS) is 14.4. The predicted octanol–water partition coefficient (Wildman–Crippen LogP) is 6.43. The molecule has 1 atom stereocenters. The second-order valence-electron chi connectivity index (χ2n) is 9.51. The van der Waals surface area contributed by atoms with Crippen LogP contribution < -0.4 is 10.1 Å². The van der Waals surface area contributed by atoms with Crippen molar-refractivity contribution in [1.29, 1.82) is 0 Å². The maximum Gasteiger partial charge on any atom is 0.323 e. The van der Waals surface area contributed by atoms with E-state index in [0.29, 0.717) is 18.0 Å². The van der Waals surface area contributed by atoms with Crippen molar-refractivity contribution < 1.29 is 9.53 Å². The lowest BCUT2D eigenvalue weighted by Crippen LogP contribution is -2.38. The average molecular weight is 504 g/mol. The van der Waals surface area contributed by atoms with Crippen LogP contribution in [0.3, 0.4) is 0 Å². The largest absolute Gasteiger partial charge is 0.495 e. The van der Waals surface area contributed by atoms with E-state index in [-0.39, 0.29) is 12.1 Å². The Balaban J connectivity index is 1.53. The number of ether oxygens (including phenoxy) is 1. The molecule has 3 aromatic carbocycles. The summed E-state index contributed by atoms with van der Waals surface area (Å²) in [4.78, 5) is 16.0. The summed E-state index contributed by atoms with van der Waals surface area (Å²) >= 11 is 0. The van der Waals surface area contributed by atoms with Crippen molar-refractivity contribution in [3.05, 3.63) is 125 Å². The zero-order valence-corrected chi connectivity index (χ0v) is 21.6. The minimum Gasteiger partial charge on any atom is -0.495 e. The Morgan fingerprint density at radius 2 is 1.68 bits per heavy atom. The highest BCUT2D eigenvalue weighted by atomic mass is 16.5. The Labute approximate surface area is 221 Å². The summed E-state index contributed by atoms with van der Waals surface area (Å²) in [5.41, 5.74) is 6.53. The Bertz CT molecular complexity index is 1600. The SMILES string of the molecule is COc1ccc(C)cc1NC(=O)N1Cc2c(C)nn(-c3ccccc3)c2-n2cccc2[C@@H]1c1ccccc1. The number of carbonyl (C=O) groups is 1. The lowest BCUT2D eigenvalue weighted by molar-refractivity contribution is 0.194. The molecule has 0 fully saturated rings. The topological polar surface area (TPSA) is 64.3 Å². The van der Waals surface area contributed by atoms with Gasteiger partial charge in [0.15, 0.2) is 0 Å². The fraction of sp³-hybridized carbons (Fsp3) is 0.161. The predicted molar refractivity (Wildman–Crippen MR) is 148 cm³/mol. The summed E-state index contributed by atoms with van der Waals surface area (Å²) in [5.74, 6) is 1.56. The van der Waals surface area contributed by atoms with Crippen LogP contribution in [-0.2, 0) is 6.54 Å². The number of benzene rings is 3. The van der Waals surface area contributed by atoms with E-state index >= 15 is 0 Å². The third kappa shape index (κ3) is 4.02. The molecule has 2 amide bonds. The number of nitrogens with one attached hydrogen (secondary N) is 1. The molecule has 0 radical (unpaired) electrons. The van der Waals surface area contributed by atoms with Crippen molar-refractivity contribution in [2.45, 2.75) is 26.4 Å². The molecule has 7 heteroatoms. The summed E-state index contributed by atoms with van der Waals surface area (Å²) in [6, 6.07) is 29.6. The maximum absolute atomic E-state index is 14.1. The van der Waals surface area contributed by atoms with E-state index < -0.39 is 0 Å². The summed E-state index contributed by atoms with van der Waals surface area (Å²) < 4.78 is 9.69. The molecule has 0 bridgehead atoms. The van der Waals surface area contributed by atoms with Crippen LogP contribution in [0.1, 0.15) is 34.1 Å². The monoisotopic (exact) mass is 503 g/mol. The number of methoxy groups -OCH3 is 1. The fourth-order valence-corrected chi connectivity index (χ4v) is 5.24. The molecule has 0 saturated heterocycles. The first-order valence-corrected chi connectivity index (χ1v) is 12.6. The first kappa shape index (κ1) is 23.6. The smallest absolute Gasteiger partial charge is 0.323 e. The number of hydrogen-bond donors (Lipinski definition) is 1. The quantitative estimate of drug-likeness (QED) is 0.308. The lowest BCUT2D eigenvalue weighted by atomic mass is 10.0. The molecule has 1 aliphatic rings. The number of aryl methyl sites for hydroxylation is 2. The molecule has 38 heavy (non-hydrogen) atoms. The van der Waals surface area contributed by atoms with Gasteiger partial charge in [0, 0.05) is 11.8 Å². The Hall–Kier alpha value is -4.78. The van der Waals surface area contributed by atoms with Gasteiger partial charge in [-0.15, -0.1) is 0 Å². The van der Waals surface area contributed by atoms with E-state index in [0.717, 1.165) is 39.6 Å². The second-order valence-corrected chi connectivity index (χ2v) is 9.51. The molecule has 3 heterocycles. The van der Waals surface area contributed by atoms with Crippen molar-refractivity contribution in [3.63, 3.8) is 0 Å². The number of para-hydroxylation sites is 1. The van der Waals surface area contributed by atoms with E-state index in [1.807, 2.05) is 96.2 Å². The van der Waals surface area contributed by atoms with E-state index in [1.165, 1.54) is 0 Å². The van der Waals surface area contributed by atoms with Crippen molar-refractivity contribution in [3.8, 4) is 17.3 Å². The number of fused-ring (bicyclic) bond motifs is 3. The van der Waals surface area contributed by atoms with Crippen LogP contribution in [0.5, 0.6) is 5.75 Å². The molecule has 0 aliphatic carbocycles. The van der Waals surface area contributed by atoms with E-state index in [2.05, 4.69) is 34.3 Å². The van der Waals surface area contributed by atoms with Gasteiger partial charge in [-0.05, 0) is 61.4 Å². The van der Waals surface area contributed by atoms with Gasteiger partial charge in [-0.3, -0.25) is 0 Å². The highest BCUT2D eigenvalue weighted by molar-refractivity contribution is 5.92. The van der Waals surface area contributed by atoms with Crippen molar-refractivity contribution in [1.82, 2.24) is 19.2 Å². The maximum atomic E-state index is 14.1. The molecule has 0 saturated carbocycles. The minimum absolute atomic E-state index is 0.213. The Morgan fingerprint density at radius 3 is 2.42 bits per heavy atom. The molecule has 190 valence electrons. The van der Waals surface area contributed by atoms with Gasteiger partial charge in [0.25, 0.3) is 0 Å². The van der Waals surface area contributed by atoms with Gasteiger partial charge in [-0.1, -0.05) is 54.6 Å². The standard InChI is InChI=1S/C31H29N5O2/c1-21-16-17-28(38-3)26(19-21)32-31(37)35-20-25-22(2)33-36(24-13-8-5-9-14-24)30(25)34-18-10-15-27(34)29(35)23-11-6-4-7-12-23/h4-19,29H,20H2,1-3H3,(H,32,37)/t29-/m0/s1. The van der Waals surface area contributed by atoms with Crippen LogP contribution in [0.25, 0.3) is 11.5 Å². The molecule has 5 aromatic rings. The van der Waals surface area contributed by atoms with E-state index in [9.17, 15) is 4.79 Å². The van der Waals surface area contributed by atoms with Gasteiger partial charge in [0.1, 0.15) is 11.6 Å². The molecule has 1 N–H and O–H groups in total. The summed E-state index contributed by atoms with van der Waals surface area (Å²) in [6.45, 7) is 4.38. The number of rotatable bonds is 4. The second kappa shape index (κ2) is 9.59. The highest BCUT2D eigenvalue weighted by Crippen LogP contribution is 2.39. The van der Waals surface area contributed by atoms with Crippen molar-refractivity contribution in [2.24, 2.45) is 0 Å². The molecule has 7 nitrogen and oxygen atoms in total. The highest BCUT2D eigenvalue weighted by Gasteiger charge is 2.36. The average Bonchev–Trinajstić information content (AvgIpc) is 3.50. The lowest BCUT2D eigenvalue weighted by Gasteiger charge is -2.31. The molecular weight excluding hydrogens is 474 g/mol. The Morgan fingerprint density at radius 1 is 0.947 bits per heavy atom. The van der Waals surface area contributed by atoms with Crippen LogP contribution in [0.15, 0.2) is 97.2 Å². The number of carbonyl (C=O) groups excluding carboxylic acids is 1. The molecule has 0 unspecified atom stereocenters. The van der Waals surface area contributed by atoms with E-state index in [4.69, 9.17) is 9.84 Å². The number of urea groups is 1. The fourth-order valence-electron chi connectivity index (χ4n) is 5.24. The number of nitrogens with zero attached hydrogens (tertiary/aromatic N) is 4. The first-order chi connectivity index (χ1) is 18.5. The van der Waals surface area contributed by atoms with Gasteiger partial charge in [-0.2, -0.15) is 5.10 Å². The van der Waals surface area contributed by atoms with Gasteiger partial charge in [-0.25, -0.2) is 9.48 Å². The first-order valence-electron chi connectivity index (χ1n) is 12.6. The zero-order chi connectivity index (χ0) is 26.2.